The predicted octanol–water partition coefficient (Wildman–Crippen LogP) is 3.09. The van der Waals surface area contributed by atoms with E-state index in [2.05, 4.69) is 13.2 Å². The summed E-state index contributed by atoms with van der Waals surface area (Å²) in [6, 6.07) is 0. The number of aliphatic carboxylic acids is 1. The van der Waals surface area contributed by atoms with Gasteiger partial charge >= 0.3 is 11.9 Å². The topological polar surface area (TPSA) is 63.6 Å². The van der Waals surface area contributed by atoms with Gasteiger partial charge in [0, 0.05) is 6.42 Å². The zero-order valence-corrected chi connectivity index (χ0v) is 11.2. The van der Waals surface area contributed by atoms with Crippen molar-refractivity contribution in [1.29, 1.82) is 0 Å². The molecule has 0 radical (unpaired) electrons. The lowest BCUT2D eigenvalue weighted by Crippen LogP contribution is -2.36. The minimum Gasteiger partial charge on any atom is -0.481 e. The third-order valence-corrected chi connectivity index (χ3v) is 2.85. The van der Waals surface area contributed by atoms with Crippen LogP contribution in [0.15, 0.2) is 24.8 Å². The molecule has 0 spiro atoms. The SMILES string of the molecule is C=CCC(CC)(OC(=O)CC(=O)O)C(=C)CCC. The quantitative estimate of drug-likeness (QED) is 0.390. The van der Waals surface area contributed by atoms with Gasteiger partial charge in [-0.05, 0) is 18.4 Å². The standard InChI is InChI=1S/C14H22O4/c1-5-8-11(4)14(7-3,9-6-2)18-13(17)10-12(15)16/h6H,2,4-5,7-10H2,1,3H3,(H,15,16). The minimum absolute atomic E-state index is 0.452. The number of esters is 1. The number of carboxylic acids is 1. The van der Waals surface area contributed by atoms with Crippen LogP contribution in [-0.4, -0.2) is 22.6 Å². The summed E-state index contributed by atoms with van der Waals surface area (Å²) in [6.07, 6.45) is 3.68. The molecule has 0 aromatic carbocycles. The summed E-state index contributed by atoms with van der Waals surface area (Å²) in [4.78, 5) is 22.0. The molecule has 0 aliphatic heterocycles. The average molecular weight is 254 g/mol. The van der Waals surface area contributed by atoms with Crippen molar-refractivity contribution in [2.24, 2.45) is 0 Å². The highest BCUT2D eigenvalue weighted by Gasteiger charge is 2.34. The van der Waals surface area contributed by atoms with E-state index < -0.39 is 24.0 Å². The maximum Gasteiger partial charge on any atom is 0.318 e. The Morgan fingerprint density at radius 1 is 1.39 bits per heavy atom. The molecular formula is C14H22O4. The molecule has 4 nitrogen and oxygen atoms in total. The third-order valence-electron chi connectivity index (χ3n) is 2.85. The van der Waals surface area contributed by atoms with E-state index in [0.29, 0.717) is 12.8 Å². The fourth-order valence-corrected chi connectivity index (χ4v) is 1.86. The number of hydrogen-bond acceptors (Lipinski definition) is 3. The maximum atomic E-state index is 11.5. The van der Waals surface area contributed by atoms with Gasteiger partial charge in [-0.3, -0.25) is 9.59 Å². The Kier molecular flexibility index (Phi) is 7.01. The molecule has 1 unspecified atom stereocenters. The largest absolute Gasteiger partial charge is 0.481 e. The van der Waals surface area contributed by atoms with Crippen LogP contribution in [0.4, 0.5) is 0 Å². The van der Waals surface area contributed by atoms with Crippen LogP contribution in [0, 0.1) is 0 Å². The van der Waals surface area contributed by atoms with Crippen LogP contribution < -0.4 is 0 Å². The van der Waals surface area contributed by atoms with Gasteiger partial charge in [0.25, 0.3) is 0 Å². The molecule has 4 heteroatoms. The summed E-state index contributed by atoms with van der Waals surface area (Å²) < 4.78 is 5.36. The normalized spacial score (nSPS) is 13.4. The monoisotopic (exact) mass is 254 g/mol. The van der Waals surface area contributed by atoms with Crippen molar-refractivity contribution in [1.82, 2.24) is 0 Å². The summed E-state index contributed by atoms with van der Waals surface area (Å²) in [5.41, 5.74) is -0.00395. The average Bonchev–Trinajstić information content (AvgIpc) is 2.27. The number of rotatable bonds is 9. The molecule has 0 aliphatic carbocycles. The van der Waals surface area contributed by atoms with Gasteiger partial charge in [-0.1, -0.05) is 32.9 Å². The van der Waals surface area contributed by atoms with Crippen molar-refractivity contribution in [3.63, 3.8) is 0 Å². The fourth-order valence-electron chi connectivity index (χ4n) is 1.86. The Balaban J connectivity index is 4.95. The highest BCUT2D eigenvalue weighted by atomic mass is 16.6. The fraction of sp³-hybridized carbons (Fsp3) is 0.571. The van der Waals surface area contributed by atoms with Gasteiger partial charge < -0.3 is 9.84 Å². The minimum atomic E-state index is -1.19. The van der Waals surface area contributed by atoms with Crippen LogP contribution >= 0.6 is 0 Å². The molecule has 0 aliphatic rings. The molecule has 0 aromatic heterocycles. The van der Waals surface area contributed by atoms with Gasteiger partial charge in [-0.2, -0.15) is 0 Å². The second-order valence-electron chi connectivity index (χ2n) is 4.24. The van der Waals surface area contributed by atoms with Crippen LogP contribution in [0.1, 0.15) is 46.0 Å². The van der Waals surface area contributed by atoms with Gasteiger partial charge in [-0.15, -0.1) is 6.58 Å². The van der Waals surface area contributed by atoms with Crippen LogP contribution in [0.25, 0.3) is 0 Å². The van der Waals surface area contributed by atoms with E-state index in [9.17, 15) is 9.59 Å². The smallest absolute Gasteiger partial charge is 0.318 e. The van der Waals surface area contributed by atoms with Crippen molar-refractivity contribution in [2.45, 2.75) is 51.6 Å². The number of ether oxygens (including phenoxy) is 1. The first-order chi connectivity index (χ1) is 8.41. The maximum absolute atomic E-state index is 11.5. The van der Waals surface area contributed by atoms with Crippen LogP contribution in [0.5, 0.6) is 0 Å². The van der Waals surface area contributed by atoms with Crippen molar-refractivity contribution >= 4 is 11.9 Å². The molecule has 1 atom stereocenters. The van der Waals surface area contributed by atoms with E-state index in [1.807, 2.05) is 13.8 Å². The summed E-state index contributed by atoms with van der Waals surface area (Å²) in [7, 11) is 0. The molecule has 0 fully saturated rings. The molecule has 18 heavy (non-hydrogen) atoms. The van der Waals surface area contributed by atoms with E-state index in [0.717, 1.165) is 18.4 Å². The van der Waals surface area contributed by atoms with Gasteiger partial charge in [0.05, 0.1) is 0 Å². The van der Waals surface area contributed by atoms with Crippen LogP contribution in [0.3, 0.4) is 0 Å². The molecule has 1 N–H and O–H groups in total. The number of carboxylic acid groups (broad SMARTS) is 1. The van der Waals surface area contributed by atoms with Crippen molar-refractivity contribution in [3.8, 4) is 0 Å². The zero-order chi connectivity index (χ0) is 14.2. The van der Waals surface area contributed by atoms with E-state index in [4.69, 9.17) is 9.84 Å². The van der Waals surface area contributed by atoms with E-state index in [1.54, 1.807) is 6.08 Å². The number of carbonyl (C=O) groups excluding carboxylic acids is 1. The lowest BCUT2D eigenvalue weighted by Gasteiger charge is -2.33. The molecule has 0 bridgehead atoms. The lowest BCUT2D eigenvalue weighted by molar-refractivity contribution is -0.161. The summed E-state index contributed by atoms with van der Waals surface area (Å²) in [5, 5.41) is 8.58. The first-order valence-electron chi connectivity index (χ1n) is 6.14. The van der Waals surface area contributed by atoms with Crippen molar-refractivity contribution in [3.05, 3.63) is 24.8 Å². The van der Waals surface area contributed by atoms with E-state index in [1.165, 1.54) is 0 Å². The Bertz CT molecular complexity index is 333. The Labute approximate surface area is 108 Å². The Morgan fingerprint density at radius 3 is 2.39 bits per heavy atom. The van der Waals surface area contributed by atoms with Crippen molar-refractivity contribution < 1.29 is 19.4 Å². The highest BCUT2D eigenvalue weighted by molar-refractivity contribution is 5.90. The van der Waals surface area contributed by atoms with Crippen LogP contribution in [-0.2, 0) is 14.3 Å². The third kappa shape index (κ3) is 4.73. The lowest BCUT2D eigenvalue weighted by atomic mass is 9.85. The number of hydrogen-bond donors (Lipinski definition) is 1. The molecule has 0 saturated heterocycles. The Morgan fingerprint density at radius 2 is 2.00 bits per heavy atom. The van der Waals surface area contributed by atoms with Gasteiger partial charge in [-0.25, -0.2) is 0 Å². The molecule has 0 saturated carbocycles. The molecule has 0 amide bonds. The summed E-state index contributed by atoms with van der Waals surface area (Å²) >= 11 is 0. The Hall–Kier alpha value is -1.58. The van der Waals surface area contributed by atoms with Crippen LogP contribution in [0.2, 0.25) is 0 Å². The van der Waals surface area contributed by atoms with Crippen molar-refractivity contribution in [2.75, 3.05) is 0 Å². The molecule has 102 valence electrons. The molecule has 0 aromatic rings. The predicted molar refractivity (Wildman–Crippen MR) is 70.2 cm³/mol. The highest BCUT2D eigenvalue weighted by Crippen LogP contribution is 2.32. The summed E-state index contributed by atoms with van der Waals surface area (Å²) in [5.74, 6) is -1.92. The molecule has 0 heterocycles. The van der Waals surface area contributed by atoms with Gasteiger partial charge in [0.15, 0.2) is 0 Å². The first-order valence-corrected chi connectivity index (χ1v) is 6.14. The van der Waals surface area contributed by atoms with Gasteiger partial charge in [0.1, 0.15) is 12.0 Å². The second-order valence-corrected chi connectivity index (χ2v) is 4.24. The van der Waals surface area contributed by atoms with E-state index in [-0.39, 0.29) is 0 Å². The number of carbonyl (C=O) groups is 2. The molecule has 0 rings (SSSR count). The zero-order valence-electron chi connectivity index (χ0n) is 11.2. The first kappa shape index (κ1) is 16.4. The van der Waals surface area contributed by atoms with Gasteiger partial charge in [0.2, 0.25) is 0 Å². The second kappa shape index (κ2) is 7.69. The molecular weight excluding hydrogens is 232 g/mol. The summed E-state index contributed by atoms with van der Waals surface area (Å²) in [6.45, 7) is 11.5. The van der Waals surface area contributed by atoms with E-state index >= 15 is 0 Å².